The van der Waals surface area contributed by atoms with Crippen molar-refractivity contribution in [2.45, 2.75) is 0 Å². The molecule has 0 bridgehead atoms. The summed E-state index contributed by atoms with van der Waals surface area (Å²) in [6.45, 7) is 0. The van der Waals surface area contributed by atoms with Gasteiger partial charge in [0, 0.05) is 44.7 Å². The Hall–Kier alpha value is -5.67. The smallest absolute Gasteiger partial charge is 0.0702 e. The molecule has 196 valence electrons. The third-order valence-corrected chi connectivity index (χ3v) is 8.53. The lowest BCUT2D eigenvalue weighted by Crippen LogP contribution is -1.95. The molecule has 0 amide bonds. The zero-order valence-electron chi connectivity index (χ0n) is 22.8. The van der Waals surface area contributed by atoms with Crippen LogP contribution >= 0.6 is 0 Å². The number of nitrogens with zero attached hydrogens (tertiary/aromatic N) is 3. The average molecular weight is 536 g/mol. The molecule has 0 atom stereocenters. The summed E-state index contributed by atoms with van der Waals surface area (Å²) < 4.78 is 4.83. The second-order valence-corrected chi connectivity index (χ2v) is 10.9. The number of hydrogen-bond donors (Lipinski definition) is 0. The zero-order valence-corrected chi connectivity index (χ0v) is 22.8. The van der Waals surface area contributed by atoms with Crippen molar-refractivity contribution in [3.63, 3.8) is 0 Å². The van der Waals surface area contributed by atoms with E-state index in [4.69, 9.17) is 0 Å². The van der Waals surface area contributed by atoms with Crippen LogP contribution in [0.15, 0.2) is 152 Å². The molecule has 0 unspecified atom stereocenters. The molecule has 0 saturated heterocycles. The van der Waals surface area contributed by atoms with Crippen molar-refractivity contribution in [2.75, 3.05) is 0 Å². The average Bonchev–Trinajstić information content (AvgIpc) is 3.57. The molecule has 3 aromatic heterocycles. The van der Waals surface area contributed by atoms with Crippen LogP contribution in [0.3, 0.4) is 0 Å². The van der Waals surface area contributed by atoms with E-state index in [9.17, 15) is 0 Å². The van der Waals surface area contributed by atoms with E-state index < -0.39 is 0 Å². The lowest BCUT2D eigenvalue weighted by molar-refractivity contribution is 1.17. The van der Waals surface area contributed by atoms with Crippen LogP contribution in [0.5, 0.6) is 0 Å². The first kappa shape index (κ1) is 23.1. The first-order chi connectivity index (χ1) is 20.8. The van der Waals surface area contributed by atoms with Crippen LogP contribution in [0, 0.1) is 0 Å². The van der Waals surface area contributed by atoms with E-state index in [1.807, 2.05) is 18.3 Å². The van der Waals surface area contributed by atoms with E-state index in [2.05, 4.69) is 148 Å². The van der Waals surface area contributed by atoms with Crippen molar-refractivity contribution < 1.29 is 0 Å². The van der Waals surface area contributed by atoms with E-state index in [1.54, 1.807) is 0 Å². The van der Waals surface area contributed by atoms with Crippen LogP contribution in [-0.4, -0.2) is 14.1 Å². The van der Waals surface area contributed by atoms with E-state index in [0.717, 1.165) is 16.9 Å². The van der Waals surface area contributed by atoms with Gasteiger partial charge < -0.3 is 9.13 Å². The molecule has 0 radical (unpaired) electrons. The first-order valence-electron chi connectivity index (χ1n) is 14.3. The van der Waals surface area contributed by atoms with Gasteiger partial charge in [-0.15, -0.1) is 0 Å². The lowest BCUT2D eigenvalue weighted by Gasteiger charge is -2.11. The number of fused-ring (bicyclic) bond motifs is 8. The Bertz CT molecular complexity index is 2450. The number of para-hydroxylation sites is 2. The van der Waals surface area contributed by atoms with Gasteiger partial charge in [0.2, 0.25) is 0 Å². The normalized spacial score (nSPS) is 11.8. The van der Waals surface area contributed by atoms with Crippen LogP contribution in [0.4, 0.5) is 0 Å². The summed E-state index contributed by atoms with van der Waals surface area (Å²) in [7, 11) is 0. The predicted molar refractivity (Wildman–Crippen MR) is 176 cm³/mol. The molecule has 0 saturated carbocycles. The Kier molecular flexibility index (Phi) is 4.90. The van der Waals surface area contributed by atoms with Crippen LogP contribution in [0.2, 0.25) is 0 Å². The summed E-state index contributed by atoms with van der Waals surface area (Å²) >= 11 is 0. The SMILES string of the molecule is c1ccc(-n2c3ccccc3c3cc4c(cc32)c2c3ccccc3ccc2n4-c2cccc(-c3ccccn3)c2)cc1. The Morgan fingerprint density at radius 2 is 1.12 bits per heavy atom. The van der Waals surface area contributed by atoms with Crippen molar-refractivity contribution in [1.29, 1.82) is 0 Å². The largest absolute Gasteiger partial charge is 0.309 e. The minimum atomic E-state index is 0.971. The van der Waals surface area contributed by atoms with Gasteiger partial charge in [-0.3, -0.25) is 4.98 Å². The molecule has 0 aliphatic carbocycles. The second-order valence-electron chi connectivity index (χ2n) is 10.9. The number of rotatable bonds is 3. The summed E-state index contributed by atoms with van der Waals surface area (Å²) in [6, 6.07) is 52.3. The molecular formula is C39H25N3. The third kappa shape index (κ3) is 3.31. The highest BCUT2D eigenvalue weighted by Gasteiger charge is 2.20. The van der Waals surface area contributed by atoms with Crippen LogP contribution in [0.1, 0.15) is 0 Å². The van der Waals surface area contributed by atoms with Gasteiger partial charge in [0.05, 0.1) is 27.8 Å². The summed E-state index contributed by atoms with van der Waals surface area (Å²) in [4.78, 5) is 4.63. The van der Waals surface area contributed by atoms with Gasteiger partial charge in [-0.05, 0) is 71.4 Å². The molecule has 0 N–H and O–H groups in total. The maximum Gasteiger partial charge on any atom is 0.0702 e. The maximum absolute atomic E-state index is 4.63. The van der Waals surface area contributed by atoms with Gasteiger partial charge in [-0.1, -0.05) is 84.9 Å². The minimum absolute atomic E-state index is 0.971. The van der Waals surface area contributed by atoms with Crippen LogP contribution in [-0.2, 0) is 0 Å². The molecule has 9 aromatic rings. The molecule has 6 aromatic carbocycles. The van der Waals surface area contributed by atoms with Gasteiger partial charge in [0.1, 0.15) is 0 Å². The number of pyridine rings is 1. The summed E-state index contributed by atoms with van der Waals surface area (Å²) in [5.41, 5.74) is 9.19. The van der Waals surface area contributed by atoms with Crippen molar-refractivity contribution in [3.8, 4) is 22.6 Å². The zero-order chi connectivity index (χ0) is 27.6. The van der Waals surface area contributed by atoms with Crippen molar-refractivity contribution >= 4 is 54.4 Å². The fourth-order valence-electron chi connectivity index (χ4n) is 6.72. The quantitative estimate of drug-likeness (QED) is 0.221. The molecule has 3 heteroatoms. The Labute approximate surface area is 242 Å². The number of hydrogen-bond acceptors (Lipinski definition) is 1. The molecule has 0 fully saturated rings. The molecule has 9 rings (SSSR count). The van der Waals surface area contributed by atoms with E-state index in [1.165, 1.54) is 60.1 Å². The number of aromatic nitrogens is 3. The van der Waals surface area contributed by atoms with Gasteiger partial charge in [-0.25, -0.2) is 0 Å². The molecule has 42 heavy (non-hydrogen) atoms. The molecule has 0 aliphatic rings. The highest BCUT2D eigenvalue weighted by atomic mass is 15.0. The van der Waals surface area contributed by atoms with Crippen LogP contribution < -0.4 is 0 Å². The molecule has 0 spiro atoms. The number of benzene rings is 6. The summed E-state index contributed by atoms with van der Waals surface area (Å²) in [5.74, 6) is 0. The Morgan fingerprint density at radius 3 is 2.00 bits per heavy atom. The first-order valence-corrected chi connectivity index (χ1v) is 14.3. The predicted octanol–water partition coefficient (Wildman–Crippen LogP) is 10.1. The Balaban J connectivity index is 1.46. The lowest BCUT2D eigenvalue weighted by atomic mass is 10.0. The molecule has 3 nitrogen and oxygen atoms in total. The third-order valence-electron chi connectivity index (χ3n) is 8.53. The van der Waals surface area contributed by atoms with Gasteiger partial charge in [-0.2, -0.15) is 0 Å². The van der Waals surface area contributed by atoms with E-state index in [0.29, 0.717) is 0 Å². The van der Waals surface area contributed by atoms with E-state index in [-0.39, 0.29) is 0 Å². The van der Waals surface area contributed by atoms with Crippen molar-refractivity contribution in [1.82, 2.24) is 14.1 Å². The van der Waals surface area contributed by atoms with Crippen molar-refractivity contribution in [2.24, 2.45) is 0 Å². The summed E-state index contributed by atoms with van der Waals surface area (Å²) in [6.07, 6.45) is 1.85. The fourth-order valence-corrected chi connectivity index (χ4v) is 6.72. The fraction of sp³-hybridized carbons (Fsp3) is 0. The topological polar surface area (TPSA) is 22.8 Å². The van der Waals surface area contributed by atoms with Crippen LogP contribution in [0.25, 0.3) is 77.0 Å². The summed E-state index contributed by atoms with van der Waals surface area (Å²) in [5, 5.41) is 7.53. The van der Waals surface area contributed by atoms with Gasteiger partial charge in [0.15, 0.2) is 0 Å². The molecular weight excluding hydrogens is 510 g/mol. The molecule has 3 heterocycles. The molecule has 0 aliphatic heterocycles. The monoisotopic (exact) mass is 535 g/mol. The maximum atomic E-state index is 4.63. The van der Waals surface area contributed by atoms with E-state index >= 15 is 0 Å². The second kappa shape index (κ2) is 8.92. The minimum Gasteiger partial charge on any atom is -0.309 e. The standard InChI is InChI=1S/C39H25N3/c1-2-13-28(14-3-1)41-35-19-7-6-17-31(35)32-24-38-33(25-37(32)41)39-30-16-5-4-11-26(30)20-21-36(39)42(38)29-15-10-12-27(23-29)34-18-8-9-22-40-34/h1-25H. The van der Waals surface area contributed by atoms with Gasteiger partial charge >= 0.3 is 0 Å². The Morgan fingerprint density at radius 1 is 0.405 bits per heavy atom. The van der Waals surface area contributed by atoms with Crippen molar-refractivity contribution in [3.05, 3.63) is 152 Å². The highest BCUT2D eigenvalue weighted by Crippen LogP contribution is 2.42. The highest BCUT2D eigenvalue weighted by molar-refractivity contribution is 6.25. The van der Waals surface area contributed by atoms with Gasteiger partial charge in [0.25, 0.3) is 0 Å².